The summed E-state index contributed by atoms with van der Waals surface area (Å²) in [5, 5.41) is 19.1. The minimum atomic E-state index is -0.693. The second kappa shape index (κ2) is 7.46. The van der Waals surface area contributed by atoms with Gasteiger partial charge in [0.1, 0.15) is 5.82 Å². The Morgan fingerprint density at radius 1 is 1.11 bits per heavy atom. The summed E-state index contributed by atoms with van der Waals surface area (Å²) in [5.41, 5.74) is 0.0767. The second-order valence-corrected chi connectivity index (χ2v) is 4.55. The van der Waals surface area contributed by atoms with E-state index in [4.69, 9.17) is 4.74 Å². The van der Waals surface area contributed by atoms with Gasteiger partial charge in [0.15, 0.2) is 0 Å². The highest BCUT2D eigenvalue weighted by Gasteiger charge is 2.30. The van der Waals surface area contributed by atoms with Crippen molar-refractivity contribution in [1.82, 2.24) is 0 Å². The van der Waals surface area contributed by atoms with Crippen molar-refractivity contribution < 1.29 is 19.3 Å². The van der Waals surface area contributed by atoms with E-state index < -0.39 is 5.41 Å². The van der Waals surface area contributed by atoms with E-state index in [2.05, 4.69) is 0 Å². The summed E-state index contributed by atoms with van der Waals surface area (Å²) in [6, 6.07) is 5.95. The number of ether oxygens (including phenoxy) is 1. The molecule has 0 aliphatic carbocycles. The van der Waals surface area contributed by atoms with Crippen LogP contribution in [0.2, 0.25) is 0 Å². The molecule has 0 bridgehead atoms. The van der Waals surface area contributed by atoms with Gasteiger partial charge in [-0.15, -0.1) is 0 Å². The molecule has 0 radical (unpaired) electrons. The number of rotatable bonds is 8. The van der Waals surface area contributed by atoms with E-state index in [1.165, 1.54) is 12.1 Å². The molecule has 0 aliphatic rings. The number of hydrogen-bond donors (Lipinski definition) is 2. The molecule has 0 unspecified atom stereocenters. The number of unbranched alkanes of at least 4 members (excludes halogenated alkanes) is 1. The molecule has 0 saturated heterocycles. The molecule has 18 heavy (non-hydrogen) atoms. The van der Waals surface area contributed by atoms with Gasteiger partial charge in [0.05, 0.1) is 13.2 Å². The van der Waals surface area contributed by atoms with Crippen LogP contribution in [0.5, 0.6) is 0 Å². The first kappa shape index (κ1) is 15.1. The number of halogens is 1. The third kappa shape index (κ3) is 3.77. The highest BCUT2D eigenvalue weighted by atomic mass is 19.1. The van der Waals surface area contributed by atoms with Crippen LogP contribution >= 0.6 is 0 Å². The van der Waals surface area contributed by atoms with Crippen LogP contribution in [0.1, 0.15) is 24.8 Å². The van der Waals surface area contributed by atoms with E-state index in [-0.39, 0.29) is 19.0 Å². The second-order valence-electron chi connectivity index (χ2n) is 4.55. The van der Waals surface area contributed by atoms with Crippen LogP contribution in [0.4, 0.5) is 4.39 Å². The van der Waals surface area contributed by atoms with Crippen LogP contribution in [0.25, 0.3) is 0 Å². The van der Waals surface area contributed by atoms with E-state index in [1.54, 1.807) is 19.2 Å². The maximum atomic E-state index is 12.9. The predicted octanol–water partition coefficient (Wildman–Crippen LogP) is 1.86. The van der Waals surface area contributed by atoms with Crippen molar-refractivity contribution in [2.75, 3.05) is 26.9 Å². The maximum Gasteiger partial charge on any atom is 0.123 e. The molecule has 1 rings (SSSR count). The number of hydrogen-bond acceptors (Lipinski definition) is 3. The van der Waals surface area contributed by atoms with Crippen molar-refractivity contribution in [3.63, 3.8) is 0 Å². The zero-order valence-corrected chi connectivity index (χ0v) is 10.7. The quantitative estimate of drug-likeness (QED) is 0.698. The molecule has 1 aromatic carbocycles. The van der Waals surface area contributed by atoms with Gasteiger partial charge in [-0.3, -0.25) is 0 Å². The average molecular weight is 256 g/mol. The Labute approximate surface area is 107 Å². The van der Waals surface area contributed by atoms with Crippen LogP contribution in [0.15, 0.2) is 24.3 Å². The maximum absolute atomic E-state index is 12.9. The minimum absolute atomic E-state index is 0.151. The Morgan fingerprint density at radius 3 is 2.22 bits per heavy atom. The number of benzene rings is 1. The average Bonchev–Trinajstić information content (AvgIpc) is 2.41. The van der Waals surface area contributed by atoms with Crippen LogP contribution in [0, 0.1) is 5.82 Å². The van der Waals surface area contributed by atoms with Gasteiger partial charge in [0.2, 0.25) is 0 Å². The van der Waals surface area contributed by atoms with Gasteiger partial charge in [-0.25, -0.2) is 4.39 Å². The molecule has 1 aromatic rings. The SMILES string of the molecule is COCCCCC(CO)(CO)c1ccc(F)cc1. The van der Waals surface area contributed by atoms with Crippen molar-refractivity contribution in [3.8, 4) is 0 Å². The smallest absolute Gasteiger partial charge is 0.123 e. The molecule has 0 amide bonds. The molecule has 0 heterocycles. The molecule has 2 N–H and O–H groups in total. The first-order valence-corrected chi connectivity index (χ1v) is 6.15. The molecular weight excluding hydrogens is 235 g/mol. The van der Waals surface area contributed by atoms with E-state index in [9.17, 15) is 14.6 Å². The molecule has 0 atom stereocenters. The van der Waals surface area contributed by atoms with Crippen molar-refractivity contribution in [2.45, 2.75) is 24.7 Å². The Kier molecular flexibility index (Phi) is 6.25. The van der Waals surface area contributed by atoms with Crippen molar-refractivity contribution in [3.05, 3.63) is 35.6 Å². The summed E-state index contributed by atoms with van der Waals surface area (Å²) in [4.78, 5) is 0. The summed E-state index contributed by atoms with van der Waals surface area (Å²) >= 11 is 0. The van der Waals surface area contributed by atoms with Gasteiger partial charge >= 0.3 is 0 Å². The summed E-state index contributed by atoms with van der Waals surface area (Å²) in [6.45, 7) is 0.362. The molecule has 0 fully saturated rings. The number of aliphatic hydroxyl groups excluding tert-OH is 2. The third-order valence-corrected chi connectivity index (χ3v) is 3.32. The highest BCUT2D eigenvalue weighted by molar-refractivity contribution is 5.26. The van der Waals surface area contributed by atoms with Crippen LogP contribution < -0.4 is 0 Å². The third-order valence-electron chi connectivity index (χ3n) is 3.32. The molecule has 0 aromatic heterocycles. The lowest BCUT2D eigenvalue weighted by Gasteiger charge is -2.30. The summed E-state index contributed by atoms with van der Waals surface area (Å²) in [6.07, 6.45) is 2.36. The van der Waals surface area contributed by atoms with Gasteiger partial charge in [0.25, 0.3) is 0 Å². The Bertz CT molecular complexity index is 333. The zero-order chi connectivity index (χ0) is 13.4. The van der Waals surface area contributed by atoms with Gasteiger partial charge in [0, 0.05) is 19.1 Å². The van der Waals surface area contributed by atoms with E-state index in [1.807, 2.05) is 0 Å². The largest absolute Gasteiger partial charge is 0.395 e. The van der Waals surface area contributed by atoms with Crippen LogP contribution in [-0.4, -0.2) is 37.1 Å². The molecule has 4 heteroatoms. The standard InChI is InChI=1S/C14H21FO3/c1-18-9-3-2-8-14(10-16,11-17)12-4-6-13(15)7-5-12/h4-7,16-17H,2-3,8-11H2,1H3. The lowest BCUT2D eigenvalue weighted by Crippen LogP contribution is -2.35. The van der Waals surface area contributed by atoms with Crippen molar-refractivity contribution >= 4 is 0 Å². The van der Waals surface area contributed by atoms with Crippen molar-refractivity contribution in [1.29, 1.82) is 0 Å². The fourth-order valence-electron chi connectivity index (χ4n) is 2.05. The molecule has 0 aliphatic heterocycles. The summed E-state index contributed by atoms with van der Waals surface area (Å²) in [7, 11) is 1.64. The monoisotopic (exact) mass is 256 g/mol. The number of methoxy groups -OCH3 is 1. The van der Waals surface area contributed by atoms with E-state index in [0.717, 1.165) is 18.4 Å². The lowest BCUT2D eigenvalue weighted by molar-refractivity contribution is 0.103. The first-order valence-electron chi connectivity index (χ1n) is 6.15. The Balaban J connectivity index is 2.75. The van der Waals surface area contributed by atoms with Crippen LogP contribution in [-0.2, 0) is 10.2 Å². The highest BCUT2D eigenvalue weighted by Crippen LogP contribution is 2.29. The fourth-order valence-corrected chi connectivity index (χ4v) is 2.05. The molecule has 3 nitrogen and oxygen atoms in total. The molecular formula is C14H21FO3. The molecule has 102 valence electrons. The van der Waals surface area contributed by atoms with Gasteiger partial charge in [-0.05, 0) is 30.5 Å². The normalized spacial score (nSPS) is 11.8. The fraction of sp³-hybridized carbons (Fsp3) is 0.571. The van der Waals surface area contributed by atoms with Crippen LogP contribution in [0.3, 0.4) is 0 Å². The Hall–Kier alpha value is -0.970. The van der Waals surface area contributed by atoms with Gasteiger partial charge < -0.3 is 14.9 Å². The summed E-state index contributed by atoms with van der Waals surface area (Å²) < 4.78 is 17.9. The lowest BCUT2D eigenvalue weighted by atomic mass is 9.77. The van der Waals surface area contributed by atoms with Crippen molar-refractivity contribution in [2.24, 2.45) is 0 Å². The first-order chi connectivity index (χ1) is 8.68. The molecule has 0 spiro atoms. The van der Waals surface area contributed by atoms with E-state index >= 15 is 0 Å². The molecule has 0 saturated carbocycles. The zero-order valence-electron chi connectivity index (χ0n) is 10.7. The van der Waals surface area contributed by atoms with Gasteiger partial charge in [-0.1, -0.05) is 18.6 Å². The van der Waals surface area contributed by atoms with E-state index in [0.29, 0.717) is 13.0 Å². The number of aliphatic hydroxyl groups is 2. The topological polar surface area (TPSA) is 49.7 Å². The summed E-state index contributed by atoms with van der Waals surface area (Å²) in [5.74, 6) is -0.317. The Morgan fingerprint density at radius 2 is 1.72 bits per heavy atom. The van der Waals surface area contributed by atoms with Gasteiger partial charge in [-0.2, -0.15) is 0 Å². The predicted molar refractivity (Wildman–Crippen MR) is 68.0 cm³/mol. The minimum Gasteiger partial charge on any atom is -0.395 e.